The van der Waals surface area contributed by atoms with E-state index in [1.807, 2.05) is 24.3 Å². The quantitative estimate of drug-likeness (QED) is 0.736. The van der Waals surface area contributed by atoms with Crippen LogP contribution in [-0.2, 0) is 11.3 Å². The van der Waals surface area contributed by atoms with E-state index in [9.17, 15) is 14.4 Å². The summed E-state index contributed by atoms with van der Waals surface area (Å²) in [5, 5.41) is 2.66. The molecule has 0 radical (unpaired) electrons. The molecule has 1 aromatic carbocycles. The van der Waals surface area contributed by atoms with E-state index in [1.165, 1.54) is 17.8 Å². The summed E-state index contributed by atoms with van der Waals surface area (Å²) in [7, 11) is 0. The first-order valence-corrected chi connectivity index (χ1v) is 7.75. The summed E-state index contributed by atoms with van der Waals surface area (Å²) < 4.78 is 6.68. The van der Waals surface area contributed by atoms with Crippen LogP contribution in [0.25, 0.3) is 0 Å². The number of nitrogens with zero attached hydrogens (tertiary/aromatic N) is 1. The topological polar surface area (TPSA) is 93.2 Å². The van der Waals surface area contributed by atoms with Gasteiger partial charge in [0.15, 0.2) is 0 Å². The van der Waals surface area contributed by atoms with E-state index < -0.39 is 11.2 Å². The second kappa shape index (κ2) is 8.14. The third-order valence-electron chi connectivity index (χ3n) is 3.45. The standard InChI is InChI=1S/C17H21N3O4/c1-12(2)13-3-5-14(6-4-13)24-10-8-18-16(22)11-20-9-7-15(21)19-17(20)23/h3-7,9,12H,8,10-11H2,1-2H3,(H,18,22)(H,19,21,23). The van der Waals surface area contributed by atoms with Gasteiger partial charge in [0.2, 0.25) is 5.91 Å². The van der Waals surface area contributed by atoms with E-state index in [0.717, 1.165) is 10.3 Å². The Bertz CT molecular complexity index is 790. The van der Waals surface area contributed by atoms with Crippen molar-refractivity contribution in [2.45, 2.75) is 26.3 Å². The maximum absolute atomic E-state index is 11.8. The van der Waals surface area contributed by atoms with E-state index in [-0.39, 0.29) is 12.5 Å². The summed E-state index contributed by atoms with van der Waals surface area (Å²) in [6, 6.07) is 9.02. The number of ether oxygens (including phenoxy) is 1. The second-order valence-electron chi connectivity index (χ2n) is 5.66. The lowest BCUT2D eigenvalue weighted by Crippen LogP contribution is -2.36. The largest absolute Gasteiger partial charge is 0.492 e. The minimum atomic E-state index is -0.612. The molecule has 7 heteroatoms. The highest BCUT2D eigenvalue weighted by atomic mass is 16.5. The molecule has 0 aliphatic heterocycles. The van der Waals surface area contributed by atoms with Crippen molar-refractivity contribution in [1.82, 2.24) is 14.9 Å². The van der Waals surface area contributed by atoms with Crippen molar-refractivity contribution >= 4 is 5.91 Å². The van der Waals surface area contributed by atoms with Crippen molar-refractivity contribution in [1.29, 1.82) is 0 Å². The Kier molecular flexibility index (Phi) is 5.95. The van der Waals surface area contributed by atoms with Crippen molar-refractivity contribution in [3.63, 3.8) is 0 Å². The SMILES string of the molecule is CC(C)c1ccc(OCCNC(=O)Cn2ccc(=O)[nH]c2=O)cc1. The summed E-state index contributed by atoms with van der Waals surface area (Å²) in [4.78, 5) is 36.3. The number of hydrogen-bond acceptors (Lipinski definition) is 4. The number of carbonyl (C=O) groups excluding carboxylic acids is 1. The average Bonchev–Trinajstić information content (AvgIpc) is 2.55. The Balaban J connectivity index is 1.74. The summed E-state index contributed by atoms with van der Waals surface area (Å²) in [6.45, 7) is 4.74. The van der Waals surface area contributed by atoms with Gasteiger partial charge in [0, 0.05) is 12.3 Å². The molecule has 0 atom stereocenters. The summed E-state index contributed by atoms with van der Waals surface area (Å²) >= 11 is 0. The highest BCUT2D eigenvalue weighted by Gasteiger charge is 2.04. The van der Waals surface area contributed by atoms with Gasteiger partial charge in [0.25, 0.3) is 5.56 Å². The van der Waals surface area contributed by atoms with Crippen molar-refractivity contribution in [2.75, 3.05) is 13.2 Å². The predicted octanol–water partition coefficient (Wildman–Crippen LogP) is 0.855. The minimum Gasteiger partial charge on any atom is -0.492 e. The van der Waals surface area contributed by atoms with E-state index in [0.29, 0.717) is 19.1 Å². The summed E-state index contributed by atoms with van der Waals surface area (Å²) in [5.74, 6) is 0.878. The van der Waals surface area contributed by atoms with Crippen LogP contribution in [0.2, 0.25) is 0 Å². The molecule has 24 heavy (non-hydrogen) atoms. The Hall–Kier alpha value is -2.83. The minimum absolute atomic E-state index is 0.154. The molecule has 0 saturated carbocycles. The molecule has 0 spiro atoms. The smallest absolute Gasteiger partial charge is 0.328 e. The molecule has 1 amide bonds. The predicted molar refractivity (Wildman–Crippen MR) is 90.4 cm³/mol. The van der Waals surface area contributed by atoms with Crippen molar-refractivity contribution in [3.05, 3.63) is 62.9 Å². The first-order valence-electron chi connectivity index (χ1n) is 7.75. The molecule has 2 aromatic rings. The lowest BCUT2D eigenvalue weighted by atomic mass is 10.0. The highest BCUT2D eigenvalue weighted by Crippen LogP contribution is 2.18. The number of nitrogens with one attached hydrogen (secondary N) is 2. The molecule has 0 aliphatic rings. The number of hydrogen-bond donors (Lipinski definition) is 2. The molecule has 2 rings (SSSR count). The molecule has 0 saturated heterocycles. The number of amides is 1. The fourth-order valence-corrected chi connectivity index (χ4v) is 2.09. The highest BCUT2D eigenvalue weighted by molar-refractivity contribution is 5.75. The van der Waals surface area contributed by atoms with E-state index in [4.69, 9.17) is 4.74 Å². The van der Waals surface area contributed by atoms with Gasteiger partial charge in [-0.25, -0.2) is 4.79 Å². The van der Waals surface area contributed by atoms with Gasteiger partial charge in [-0.2, -0.15) is 0 Å². The van der Waals surface area contributed by atoms with Crippen LogP contribution < -0.4 is 21.3 Å². The fraction of sp³-hybridized carbons (Fsp3) is 0.353. The molecule has 2 N–H and O–H groups in total. The van der Waals surface area contributed by atoms with Gasteiger partial charge in [-0.05, 0) is 23.6 Å². The Morgan fingerprint density at radius 1 is 1.21 bits per heavy atom. The van der Waals surface area contributed by atoms with Gasteiger partial charge in [-0.15, -0.1) is 0 Å². The van der Waals surface area contributed by atoms with Gasteiger partial charge < -0.3 is 10.1 Å². The molecule has 7 nitrogen and oxygen atoms in total. The first kappa shape index (κ1) is 17.5. The van der Waals surface area contributed by atoms with Crippen molar-refractivity contribution in [2.24, 2.45) is 0 Å². The van der Waals surface area contributed by atoms with Gasteiger partial charge in [-0.1, -0.05) is 26.0 Å². The van der Waals surface area contributed by atoms with Crippen LogP contribution in [0.4, 0.5) is 0 Å². The van der Waals surface area contributed by atoms with Gasteiger partial charge in [0.05, 0.1) is 6.54 Å². The normalized spacial score (nSPS) is 10.6. The maximum atomic E-state index is 11.8. The lowest BCUT2D eigenvalue weighted by molar-refractivity contribution is -0.121. The Labute approximate surface area is 139 Å². The van der Waals surface area contributed by atoms with Crippen molar-refractivity contribution < 1.29 is 9.53 Å². The van der Waals surface area contributed by atoms with Crippen molar-refractivity contribution in [3.8, 4) is 5.75 Å². The molecule has 0 fully saturated rings. The number of carbonyl (C=O) groups is 1. The number of aromatic nitrogens is 2. The first-order chi connectivity index (χ1) is 11.5. The van der Waals surface area contributed by atoms with Crippen LogP contribution in [0.15, 0.2) is 46.1 Å². The molecule has 0 unspecified atom stereocenters. The zero-order valence-electron chi connectivity index (χ0n) is 13.7. The molecule has 128 valence electrons. The van der Waals surface area contributed by atoms with Crippen LogP contribution in [0, 0.1) is 0 Å². The number of aromatic amines is 1. The van der Waals surface area contributed by atoms with Crippen LogP contribution in [0.5, 0.6) is 5.75 Å². The number of H-pyrrole nitrogens is 1. The fourth-order valence-electron chi connectivity index (χ4n) is 2.09. The molecular weight excluding hydrogens is 310 g/mol. The zero-order valence-corrected chi connectivity index (χ0v) is 13.7. The molecule has 1 heterocycles. The lowest BCUT2D eigenvalue weighted by Gasteiger charge is -2.10. The molecule has 1 aromatic heterocycles. The number of benzene rings is 1. The molecule has 0 aliphatic carbocycles. The number of rotatable bonds is 7. The third kappa shape index (κ3) is 5.12. The molecule has 0 bridgehead atoms. The Morgan fingerprint density at radius 3 is 2.54 bits per heavy atom. The molecular formula is C17H21N3O4. The second-order valence-corrected chi connectivity index (χ2v) is 5.66. The average molecular weight is 331 g/mol. The van der Waals surface area contributed by atoms with Gasteiger partial charge in [0.1, 0.15) is 18.9 Å². The van der Waals surface area contributed by atoms with E-state index in [1.54, 1.807) is 0 Å². The summed E-state index contributed by atoms with van der Waals surface area (Å²) in [5.41, 5.74) is 0.134. The summed E-state index contributed by atoms with van der Waals surface area (Å²) in [6.07, 6.45) is 1.29. The Morgan fingerprint density at radius 2 is 1.92 bits per heavy atom. The van der Waals surface area contributed by atoms with E-state index >= 15 is 0 Å². The monoisotopic (exact) mass is 331 g/mol. The van der Waals surface area contributed by atoms with Gasteiger partial charge >= 0.3 is 5.69 Å². The third-order valence-corrected chi connectivity index (χ3v) is 3.45. The van der Waals surface area contributed by atoms with Crippen LogP contribution in [-0.4, -0.2) is 28.6 Å². The van der Waals surface area contributed by atoms with Crippen LogP contribution >= 0.6 is 0 Å². The van der Waals surface area contributed by atoms with E-state index in [2.05, 4.69) is 24.1 Å². The van der Waals surface area contributed by atoms with Crippen LogP contribution in [0.3, 0.4) is 0 Å². The zero-order chi connectivity index (χ0) is 17.5. The van der Waals surface area contributed by atoms with Crippen LogP contribution in [0.1, 0.15) is 25.3 Å². The maximum Gasteiger partial charge on any atom is 0.328 e. The van der Waals surface area contributed by atoms with Gasteiger partial charge in [-0.3, -0.25) is 19.1 Å².